The maximum Gasteiger partial charge on any atom is 0.228 e. The van der Waals surface area contributed by atoms with Crippen LogP contribution in [0.15, 0.2) is 41.8 Å². The van der Waals surface area contributed by atoms with Crippen molar-refractivity contribution in [3.63, 3.8) is 0 Å². The number of anilines is 1. The second kappa shape index (κ2) is 8.48. The number of nitrogens with zero attached hydrogens (tertiary/aromatic N) is 2. The molecule has 0 radical (unpaired) electrons. The number of benzene rings is 1. The van der Waals surface area contributed by atoms with Gasteiger partial charge in [0.05, 0.1) is 12.0 Å². The lowest BCUT2D eigenvalue weighted by Crippen LogP contribution is -2.49. The highest BCUT2D eigenvalue weighted by molar-refractivity contribution is 7.10. The topological polar surface area (TPSA) is 40.6 Å². The number of rotatable bonds is 3. The molecule has 28 heavy (non-hydrogen) atoms. The van der Waals surface area contributed by atoms with E-state index >= 15 is 0 Å². The molecular weight excluding hydrogens is 368 g/mol. The molecular formula is C23H28N2O2S. The second-order valence-electron chi connectivity index (χ2n) is 7.94. The number of amides is 2. The summed E-state index contributed by atoms with van der Waals surface area (Å²) in [6.07, 6.45) is 5.65. The van der Waals surface area contributed by atoms with Crippen molar-refractivity contribution >= 4 is 28.8 Å². The van der Waals surface area contributed by atoms with Crippen LogP contribution in [0.1, 0.15) is 55.0 Å². The van der Waals surface area contributed by atoms with Crippen LogP contribution < -0.4 is 4.90 Å². The third-order valence-electron chi connectivity index (χ3n) is 5.98. The zero-order valence-electron chi connectivity index (χ0n) is 16.5. The third-order valence-corrected chi connectivity index (χ3v) is 6.92. The number of hydrogen-bond acceptors (Lipinski definition) is 3. The first kappa shape index (κ1) is 19.2. The van der Waals surface area contributed by atoms with E-state index in [4.69, 9.17) is 0 Å². The number of hydrogen-bond donors (Lipinski definition) is 0. The smallest absolute Gasteiger partial charge is 0.228 e. The zero-order chi connectivity index (χ0) is 19.5. The second-order valence-corrected chi connectivity index (χ2v) is 8.92. The highest BCUT2D eigenvalue weighted by atomic mass is 32.1. The van der Waals surface area contributed by atoms with Gasteiger partial charge in [0.15, 0.2) is 0 Å². The van der Waals surface area contributed by atoms with E-state index in [9.17, 15) is 9.59 Å². The van der Waals surface area contributed by atoms with Crippen LogP contribution in [0.5, 0.6) is 0 Å². The van der Waals surface area contributed by atoms with Crippen LogP contribution in [0.25, 0.3) is 0 Å². The van der Waals surface area contributed by atoms with Gasteiger partial charge >= 0.3 is 0 Å². The van der Waals surface area contributed by atoms with Crippen molar-refractivity contribution in [1.29, 1.82) is 0 Å². The lowest BCUT2D eigenvalue weighted by Gasteiger charge is -2.41. The van der Waals surface area contributed by atoms with Gasteiger partial charge in [0.1, 0.15) is 0 Å². The summed E-state index contributed by atoms with van der Waals surface area (Å²) in [5, 5.41) is 2.04. The first-order valence-corrected chi connectivity index (χ1v) is 11.2. The Kier molecular flexibility index (Phi) is 5.81. The number of carbonyl (C=O) groups excluding carboxylic acids is 2. The predicted molar refractivity (Wildman–Crippen MR) is 113 cm³/mol. The predicted octanol–water partition coefficient (Wildman–Crippen LogP) is 4.94. The molecule has 2 aromatic rings. The van der Waals surface area contributed by atoms with Gasteiger partial charge in [-0.25, -0.2) is 0 Å². The molecule has 3 heterocycles. The average molecular weight is 397 g/mol. The highest BCUT2D eigenvalue weighted by Gasteiger charge is 2.43. The van der Waals surface area contributed by atoms with Gasteiger partial charge < -0.3 is 9.80 Å². The SMILES string of the molecule is Cc1ccc(N2C(=O)CCC(C(=O)N3CCCCCC3)C2c2cccs2)cc1. The standard InChI is InChI=1S/C23H28N2O2S/c1-17-8-10-18(11-9-17)25-21(26)13-12-19(22(25)20-7-6-16-28-20)23(27)24-14-4-2-3-5-15-24/h6-11,16,19,22H,2-5,12-15H2,1H3. The molecule has 0 spiro atoms. The fourth-order valence-electron chi connectivity index (χ4n) is 4.47. The van der Waals surface area contributed by atoms with Gasteiger partial charge in [0, 0.05) is 30.1 Å². The Hall–Kier alpha value is -2.14. The van der Waals surface area contributed by atoms with Crippen molar-refractivity contribution in [2.24, 2.45) is 5.92 Å². The van der Waals surface area contributed by atoms with E-state index in [2.05, 4.69) is 11.0 Å². The van der Waals surface area contributed by atoms with Crippen LogP contribution in [0, 0.1) is 12.8 Å². The van der Waals surface area contributed by atoms with Gasteiger partial charge in [-0.15, -0.1) is 11.3 Å². The molecule has 5 heteroatoms. The summed E-state index contributed by atoms with van der Waals surface area (Å²) in [6.45, 7) is 3.75. The number of carbonyl (C=O) groups is 2. The van der Waals surface area contributed by atoms with E-state index in [-0.39, 0.29) is 23.8 Å². The van der Waals surface area contributed by atoms with Crippen LogP contribution in [0.3, 0.4) is 0 Å². The van der Waals surface area contributed by atoms with Gasteiger partial charge in [-0.2, -0.15) is 0 Å². The monoisotopic (exact) mass is 396 g/mol. The molecule has 1 aromatic carbocycles. The van der Waals surface area contributed by atoms with Crippen molar-refractivity contribution in [3.8, 4) is 0 Å². The minimum Gasteiger partial charge on any atom is -0.342 e. The molecule has 4 rings (SSSR count). The quantitative estimate of drug-likeness (QED) is 0.737. The molecule has 2 saturated heterocycles. The Morgan fingerprint density at radius 1 is 1.04 bits per heavy atom. The summed E-state index contributed by atoms with van der Waals surface area (Å²) < 4.78 is 0. The van der Waals surface area contributed by atoms with Crippen molar-refractivity contribution < 1.29 is 9.59 Å². The van der Waals surface area contributed by atoms with E-state index < -0.39 is 0 Å². The Morgan fingerprint density at radius 2 is 1.75 bits per heavy atom. The normalized spacial score (nSPS) is 23.5. The molecule has 0 saturated carbocycles. The Morgan fingerprint density at radius 3 is 2.39 bits per heavy atom. The Bertz CT molecular complexity index is 808. The van der Waals surface area contributed by atoms with Crippen molar-refractivity contribution in [1.82, 2.24) is 4.90 Å². The summed E-state index contributed by atoms with van der Waals surface area (Å²) in [5.74, 6) is 0.169. The van der Waals surface area contributed by atoms with Crippen LogP contribution in [-0.4, -0.2) is 29.8 Å². The molecule has 2 unspecified atom stereocenters. The fraction of sp³-hybridized carbons (Fsp3) is 0.478. The molecule has 0 N–H and O–H groups in total. The van der Waals surface area contributed by atoms with E-state index in [1.54, 1.807) is 11.3 Å². The number of likely N-dealkylation sites (tertiary alicyclic amines) is 1. The summed E-state index contributed by atoms with van der Waals surface area (Å²) in [4.78, 5) is 31.6. The van der Waals surface area contributed by atoms with Crippen molar-refractivity contribution in [2.75, 3.05) is 18.0 Å². The van der Waals surface area contributed by atoms with Gasteiger partial charge in [-0.1, -0.05) is 36.6 Å². The van der Waals surface area contributed by atoms with Crippen LogP contribution in [-0.2, 0) is 9.59 Å². The highest BCUT2D eigenvalue weighted by Crippen LogP contribution is 2.42. The maximum absolute atomic E-state index is 13.5. The third kappa shape index (κ3) is 3.86. The molecule has 2 fully saturated rings. The molecule has 0 bridgehead atoms. The molecule has 148 valence electrons. The summed E-state index contributed by atoms with van der Waals surface area (Å²) >= 11 is 1.64. The fourth-order valence-corrected chi connectivity index (χ4v) is 5.35. The van der Waals surface area contributed by atoms with Gasteiger partial charge in [0.25, 0.3) is 0 Å². The maximum atomic E-state index is 13.5. The summed E-state index contributed by atoms with van der Waals surface area (Å²) in [7, 11) is 0. The van der Waals surface area contributed by atoms with Crippen LogP contribution in [0.4, 0.5) is 5.69 Å². The number of aryl methyl sites for hydroxylation is 1. The van der Waals surface area contributed by atoms with Gasteiger partial charge in [-0.3, -0.25) is 9.59 Å². The molecule has 2 aliphatic heterocycles. The van der Waals surface area contributed by atoms with E-state index in [1.165, 1.54) is 12.8 Å². The Balaban J connectivity index is 1.70. The van der Waals surface area contributed by atoms with Crippen molar-refractivity contribution in [2.45, 2.75) is 51.5 Å². The molecule has 2 atom stereocenters. The van der Waals surface area contributed by atoms with Crippen LogP contribution >= 0.6 is 11.3 Å². The summed E-state index contributed by atoms with van der Waals surface area (Å²) in [6, 6.07) is 12.0. The van der Waals surface area contributed by atoms with Gasteiger partial charge in [-0.05, 0) is 49.8 Å². The average Bonchev–Trinajstić information content (AvgIpc) is 3.10. The largest absolute Gasteiger partial charge is 0.342 e. The summed E-state index contributed by atoms with van der Waals surface area (Å²) in [5.41, 5.74) is 2.06. The molecule has 2 amide bonds. The molecule has 0 aliphatic carbocycles. The van der Waals surface area contributed by atoms with E-state index in [0.717, 1.165) is 42.1 Å². The zero-order valence-corrected chi connectivity index (χ0v) is 17.3. The minimum absolute atomic E-state index is 0.113. The molecule has 1 aromatic heterocycles. The van der Waals surface area contributed by atoms with E-state index in [1.807, 2.05) is 47.5 Å². The van der Waals surface area contributed by atoms with E-state index in [0.29, 0.717) is 12.8 Å². The minimum atomic E-state index is -0.209. The first-order valence-electron chi connectivity index (χ1n) is 10.4. The van der Waals surface area contributed by atoms with Gasteiger partial charge in [0.2, 0.25) is 11.8 Å². The number of thiophene rings is 1. The van der Waals surface area contributed by atoms with Crippen molar-refractivity contribution in [3.05, 3.63) is 52.2 Å². The first-order chi connectivity index (χ1) is 13.6. The lowest BCUT2D eigenvalue weighted by molar-refractivity contribution is -0.138. The molecule has 2 aliphatic rings. The van der Waals surface area contributed by atoms with Crippen LogP contribution in [0.2, 0.25) is 0 Å². The molecule has 4 nitrogen and oxygen atoms in total. The number of piperidine rings is 1. The Labute approximate surface area is 171 Å². The lowest BCUT2D eigenvalue weighted by atomic mass is 9.85.